The van der Waals surface area contributed by atoms with Gasteiger partial charge in [-0.15, -0.1) is 12.4 Å². The van der Waals surface area contributed by atoms with Crippen LogP contribution in [0, 0.1) is 5.82 Å². The minimum Gasteiger partial charge on any atom is -0.460 e. The van der Waals surface area contributed by atoms with Gasteiger partial charge in [0, 0.05) is 18.9 Å². The lowest BCUT2D eigenvalue weighted by Gasteiger charge is -2.02. The molecule has 0 atom stereocenters. The van der Waals surface area contributed by atoms with E-state index in [9.17, 15) is 4.39 Å². The SMILES string of the molecule is Cl.Fc1ccccc1-c1ccc(CNCc2cccnc2)o1. The molecule has 0 saturated carbocycles. The van der Waals surface area contributed by atoms with Crippen LogP contribution < -0.4 is 5.32 Å². The molecule has 0 radical (unpaired) electrons. The Morgan fingerprint density at radius 3 is 2.64 bits per heavy atom. The summed E-state index contributed by atoms with van der Waals surface area (Å²) in [5.74, 6) is 1.05. The highest BCUT2D eigenvalue weighted by atomic mass is 35.5. The van der Waals surface area contributed by atoms with Crippen LogP contribution in [0.1, 0.15) is 11.3 Å². The zero-order chi connectivity index (χ0) is 14.5. The lowest BCUT2D eigenvalue weighted by molar-refractivity contribution is 0.490. The van der Waals surface area contributed by atoms with Gasteiger partial charge in [0.05, 0.1) is 12.1 Å². The second-order valence-electron chi connectivity index (χ2n) is 4.71. The number of halogens is 2. The van der Waals surface area contributed by atoms with Crippen molar-refractivity contribution >= 4 is 12.4 Å². The Balaban J connectivity index is 0.00000176. The van der Waals surface area contributed by atoms with Crippen molar-refractivity contribution in [2.75, 3.05) is 0 Å². The van der Waals surface area contributed by atoms with Gasteiger partial charge in [-0.3, -0.25) is 4.98 Å². The van der Waals surface area contributed by atoms with Crippen molar-refractivity contribution in [2.45, 2.75) is 13.1 Å². The van der Waals surface area contributed by atoms with Gasteiger partial charge in [0.15, 0.2) is 0 Å². The standard InChI is InChI=1S/C17H15FN2O.ClH/c18-16-6-2-1-5-15(16)17-8-7-14(21-17)12-20-11-13-4-3-9-19-10-13;/h1-10,20H,11-12H2;1H. The summed E-state index contributed by atoms with van der Waals surface area (Å²) in [6, 6.07) is 14.2. The van der Waals surface area contributed by atoms with Crippen molar-refractivity contribution in [1.82, 2.24) is 10.3 Å². The molecule has 0 aliphatic rings. The molecule has 0 saturated heterocycles. The van der Waals surface area contributed by atoms with E-state index < -0.39 is 0 Å². The molecule has 2 heterocycles. The number of benzene rings is 1. The average molecular weight is 319 g/mol. The summed E-state index contributed by atoms with van der Waals surface area (Å²) in [6.45, 7) is 1.30. The van der Waals surface area contributed by atoms with Crippen molar-refractivity contribution in [3.8, 4) is 11.3 Å². The smallest absolute Gasteiger partial charge is 0.137 e. The third-order valence-corrected chi connectivity index (χ3v) is 3.15. The molecular weight excluding hydrogens is 303 g/mol. The number of hydrogen-bond donors (Lipinski definition) is 1. The molecule has 114 valence electrons. The van der Waals surface area contributed by atoms with Gasteiger partial charge < -0.3 is 9.73 Å². The van der Waals surface area contributed by atoms with Gasteiger partial charge in [0.2, 0.25) is 0 Å². The third-order valence-electron chi connectivity index (χ3n) is 3.15. The first kappa shape index (κ1) is 16.2. The lowest BCUT2D eigenvalue weighted by atomic mass is 10.1. The van der Waals surface area contributed by atoms with E-state index in [1.165, 1.54) is 6.07 Å². The Labute approximate surface area is 134 Å². The van der Waals surface area contributed by atoms with Crippen LogP contribution in [0.4, 0.5) is 4.39 Å². The zero-order valence-corrected chi connectivity index (χ0v) is 12.6. The molecule has 2 aromatic heterocycles. The van der Waals surface area contributed by atoms with E-state index in [-0.39, 0.29) is 18.2 Å². The minimum absolute atomic E-state index is 0. The van der Waals surface area contributed by atoms with Crippen molar-refractivity contribution in [2.24, 2.45) is 0 Å². The van der Waals surface area contributed by atoms with Crippen molar-refractivity contribution in [3.05, 3.63) is 78.1 Å². The van der Waals surface area contributed by atoms with Crippen LogP contribution in [0.25, 0.3) is 11.3 Å². The zero-order valence-electron chi connectivity index (χ0n) is 11.8. The first-order valence-electron chi connectivity index (χ1n) is 6.76. The second-order valence-corrected chi connectivity index (χ2v) is 4.71. The molecule has 0 aliphatic heterocycles. The molecule has 0 bridgehead atoms. The van der Waals surface area contributed by atoms with Crippen LogP contribution in [0.2, 0.25) is 0 Å². The fraction of sp³-hybridized carbons (Fsp3) is 0.118. The Morgan fingerprint density at radius 2 is 1.86 bits per heavy atom. The average Bonchev–Trinajstić information content (AvgIpc) is 2.97. The molecular formula is C17H16ClFN2O. The van der Waals surface area contributed by atoms with E-state index in [1.807, 2.05) is 24.4 Å². The first-order valence-corrected chi connectivity index (χ1v) is 6.76. The van der Waals surface area contributed by atoms with Gasteiger partial charge in [0.25, 0.3) is 0 Å². The van der Waals surface area contributed by atoms with Gasteiger partial charge in [-0.1, -0.05) is 18.2 Å². The van der Waals surface area contributed by atoms with Gasteiger partial charge in [-0.25, -0.2) is 4.39 Å². The summed E-state index contributed by atoms with van der Waals surface area (Å²) >= 11 is 0. The minimum atomic E-state index is -0.276. The first-order chi connectivity index (χ1) is 10.3. The highest BCUT2D eigenvalue weighted by molar-refractivity contribution is 5.85. The number of aromatic nitrogens is 1. The molecule has 0 unspecified atom stereocenters. The molecule has 0 spiro atoms. The molecule has 22 heavy (non-hydrogen) atoms. The monoisotopic (exact) mass is 318 g/mol. The lowest BCUT2D eigenvalue weighted by Crippen LogP contribution is -2.12. The summed E-state index contributed by atoms with van der Waals surface area (Å²) < 4.78 is 19.3. The summed E-state index contributed by atoms with van der Waals surface area (Å²) in [7, 11) is 0. The Hall–Kier alpha value is -2.17. The van der Waals surface area contributed by atoms with Crippen LogP contribution in [0.5, 0.6) is 0 Å². The normalized spacial score (nSPS) is 10.2. The largest absolute Gasteiger partial charge is 0.460 e. The van der Waals surface area contributed by atoms with E-state index in [4.69, 9.17) is 4.42 Å². The molecule has 0 fully saturated rings. The maximum absolute atomic E-state index is 13.7. The topological polar surface area (TPSA) is 38.1 Å². The molecule has 1 aromatic carbocycles. The number of nitrogens with one attached hydrogen (secondary N) is 1. The molecule has 3 rings (SSSR count). The van der Waals surface area contributed by atoms with Crippen LogP contribution in [0.15, 0.2) is 65.3 Å². The predicted molar refractivity (Wildman–Crippen MR) is 86.1 cm³/mol. The summed E-state index contributed by atoms with van der Waals surface area (Å²) in [4.78, 5) is 4.06. The maximum Gasteiger partial charge on any atom is 0.137 e. The number of rotatable bonds is 5. The second kappa shape index (κ2) is 7.73. The van der Waals surface area contributed by atoms with Crippen molar-refractivity contribution in [3.63, 3.8) is 0 Å². The molecule has 0 aliphatic carbocycles. The fourth-order valence-electron chi connectivity index (χ4n) is 2.11. The highest BCUT2D eigenvalue weighted by Gasteiger charge is 2.08. The molecule has 0 amide bonds. The number of hydrogen-bond acceptors (Lipinski definition) is 3. The van der Waals surface area contributed by atoms with Gasteiger partial charge in [-0.2, -0.15) is 0 Å². The van der Waals surface area contributed by atoms with E-state index in [0.717, 1.165) is 11.3 Å². The van der Waals surface area contributed by atoms with Gasteiger partial charge >= 0.3 is 0 Å². The van der Waals surface area contributed by atoms with E-state index in [1.54, 1.807) is 30.5 Å². The molecule has 3 nitrogen and oxygen atoms in total. The number of nitrogens with zero attached hydrogens (tertiary/aromatic N) is 1. The molecule has 3 aromatic rings. The summed E-state index contributed by atoms with van der Waals surface area (Å²) in [5.41, 5.74) is 1.59. The van der Waals surface area contributed by atoms with Crippen LogP contribution >= 0.6 is 12.4 Å². The molecule has 5 heteroatoms. The van der Waals surface area contributed by atoms with Crippen LogP contribution in [-0.4, -0.2) is 4.98 Å². The Bertz CT molecular complexity index is 715. The summed E-state index contributed by atoms with van der Waals surface area (Å²) in [6.07, 6.45) is 3.57. The predicted octanol–water partition coefficient (Wildman–Crippen LogP) is 4.19. The Kier molecular flexibility index (Phi) is 5.69. The van der Waals surface area contributed by atoms with Crippen molar-refractivity contribution < 1.29 is 8.81 Å². The fourth-order valence-corrected chi connectivity index (χ4v) is 2.11. The number of pyridine rings is 1. The highest BCUT2D eigenvalue weighted by Crippen LogP contribution is 2.24. The van der Waals surface area contributed by atoms with E-state index in [2.05, 4.69) is 10.3 Å². The maximum atomic E-state index is 13.7. The quantitative estimate of drug-likeness (QED) is 0.766. The summed E-state index contributed by atoms with van der Waals surface area (Å²) in [5, 5.41) is 3.27. The van der Waals surface area contributed by atoms with E-state index in [0.29, 0.717) is 24.4 Å². The van der Waals surface area contributed by atoms with Gasteiger partial charge in [0.1, 0.15) is 17.3 Å². The third kappa shape index (κ3) is 3.93. The number of furan rings is 1. The van der Waals surface area contributed by atoms with E-state index >= 15 is 0 Å². The van der Waals surface area contributed by atoms with Crippen LogP contribution in [0.3, 0.4) is 0 Å². The van der Waals surface area contributed by atoms with Gasteiger partial charge in [-0.05, 0) is 35.9 Å². The Morgan fingerprint density at radius 1 is 1.00 bits per heavy atom. The van der Waals surface area contributed by atoms with Crippen molar-refractivity contribution in [1.29, 1.82) is 0 Å². The molecule has 1 N–H and O–H groups in total. The van der Waals surface area contributed by atoms with Crippen LogP contribution in [-0.2, 0) is 13.1 Å².